The van der Waals surface area contributed by atoms with Gasteiger partial charge in [-0.3, -0.25) is 4.90 Å². The van der Waals surface area contributed by atoms with Crippen LogP contribution in [0.2, 0.25) is 0 Å². The van der Waals surface area contributed by atoms with Gasteiger partial charge in [0.1, 0.15) is 0 Å². The van der Waals surface area contributed by atoms with E-state index in [-0.39, 0.29) is 0 Å². The van der Waals surface area contributed by atoms with E-state index in [4.69, 9.17) is 11.6 Å². The summed E-state index contributed by atoms with van der Waals surface area (Å²) in [7, 11) is 0. The maximum absolute atomic E-state index is 6.07. The van der Waals surface area contributed by atoms with Gasteiger partial charge in [-0.05, 0) is 48.2 Å². The topological polar surface area (TPSA) is 3.24 Å². The Kier molecular flexibility index (Phi) is 5.14. The second-order valence-corrected chi connectivity index (χ2v) is 5.66. The third-order valence-corrected chi connectivity index (χ3v) is 4.53. The van der Waals surface area contributed by atoms with Gasteiger partial charge >= 0.3 is 0 Å². The van der Waals surface area contributed by atoms with Crippen molar-refractivity contribution in [1.82, 2.24) is 4.90 Å². The molecule has 1 aliphatic heterocycles. The minimum absolute atomic E-state index is 0.614. The lowest BCUT2D eigenvalue weighted by atomic mass is 10.1. The van der Waals surface area contributed by atoms with Crippen LogP contribution in [0, 0.1) is 0 Å². The molecular weight excluding hydrogens is 238 g/mol. The van der Waals surface area contributed by atoms with Crippen molar-refractivity contribution in [2.45, 2.75) is 38.1 Å². The number of nitrogens with zero attached hydrogens (tertiary/aromatic N) is 1. The average Bonchev–Trinajstić information content (AvgIpc) is 2.71. The molecule has 1 unspecified atom stereocenters. The molecule has 0 aliphatic carbocycles. The molecule has 0 N–H and O–H groups in total. The molecule has 1 aliphatic rings. The van der Waals surface area contributed by atoms with Gasteiger partial charge in [0.05, 0.1) is 0 Å². The van der Waals surface area contributed by atoms with E-state index in [1.165, 1.54) is 50.8 Å². The lowest BCUT2D eigenvalue weighted by Gasteiger charge is -2.28. The van der Waals surface area contributed by atoms with Crippen molar-refractivity contribution < 1.29 is 0 Å². The zero-order valence-electron chi connectivity index (χ0n) is 9.70. The van der Waals surface area contributed by atoms with Crippen LogP contribution in [0.15, 0.2) is 16.8 Å². The molecule has 0 aromatic carbocycles. The van der Waals surface area contributed by atoms with Crippen LogP contribution in [0.25, 0.3) is 0 Å². The summed E-state index contributed by atoms with van der Waals surface area (Å²) in [5.74, 6) is 0.795. The summed E-state index contributed by atoms with van der Waals surface area (Å²) in [5, 5.41) is 4.42. The average molecular weight is 258 g/mol. The summed E-state index contributed by atoms with van der Waals surface area (Å²) < 4.78 is 0. The van der Waals surface area contributed by atoms with Crippen molar-refractivity contribution >= 4 is 22.9 Å². The first-order chi connectivity index (χ1) is 7.90. The zero-order chi connectivity index (χ0) is 11.2. The van der Waals surface area contributed by atoms with E-state index < -0.39 is 0 Å². The van der Waals surface area contributed by atoms with E-state index in [0.717, 1.165) is 5.88 Å². The fourth-order valence-corrected chi connectivity index (χ4v) is 3.47. The molecule has 0 amide bonds. The summed E-state index contributed by atoms with van der Waals surface area (Å²) >= 11 is 7.86. The summed E-state index contributed by atoms with van der Waals surface area (Å²) in [6, 6.07) is 2.85. The smallest absolute Gasteiger partial charge is 0.0379 e. The molecule has 1 aromatic heterocycles. The largest absolute Gasteiger partial charge is 0.299 e. The van der Waals surface area contributed by atoms with Crippen molar-refractivity contribution in [3.05, 3.63) is 22.4 Å². The number of thiophene rings is 1. The van der Waals surface area contributed by atoms with Crippen LogP contribution < -0.4 is 0 Å². The molecular formula is C13H20ClNS. The predicted octanol–water partition coefficient (Wildman–Crippen LogP) is 3.77. The van der Waals surface area contributed by atoms with Gasteiger partial charge in [-0.1, -0.05) is 12.8 Å². The lowest BCUT2D eigenvalue weighted by molar-refractivity contribution is 0.219. The normalized spacial score (nSPS) is 23.2. The first-order valence-corrected chi connectivity index (χ1v) is 7.69. The molecule has 90 valence electrons. The summed E-state index contributed by atoms with van der Waals surface area (Å²) in [5.41, 5.74) is 1.47. The molecule has 0 spiro atoms. The fraction of sp³-hybridized carbons (Fsp3) is 0.692. The van der Waals surface area contributed by atoms with Gasteiger partial charge in [0, 0.05) is 18.5 Å². The van der Waals surface area contributed by atoms with Crippen LogP contribution >= 0.6 is 22.9 Å². The van der Waals surface area contributed by atoms with Crippen molar-refractivity contribution in [3.63, 3.8) is 0 Å². The van der Waals surface area contributed by atoms with Gasteiger partial charge < -0.3 is 0 Å². The molecule has 16 heavy (non-hydrogen) atoms. The lowest BCUT2D eigenvalue weighted by Crippen LogP contribution is -2.37. The highest BCUT2D eigenvalue weighted by molar-refractivity contribution is 7.07. The van der Waals surface area contributed by atoms with Gasteiger partial charge in [0.2, 0.25) is 0 Å². The Morgan fingerprint density at radius 1 is 1.38 bits per heavy atom. The third-order valence-electron chi connectivity index (χ3n) is 3.44. The SMILES string of the molecule is ClCC1CCCCCN1CCc1ccsc1. The van der Waals surface area contributed by atoms with E-state index in [2.05, 4.69) is 21.7 Å². The van der Waals surface area contributed by atoms with Crippen molar-refractivity contribution in [1.29, 1.82) is 0 Å². The minimum atomic E-state index is 0.614. The fourth-order valence-electron chi connectivity index (χ4n) is 2.41. The van der Waals surface area contributed by atoms with Crippen LogP contribution in [-0.2, 0) is 6.42 Å². The van der Waals surface area contributed by atoms with E-state index >= 15 is 0 Å². The van der Waals surface area contributed by atoms with E-state index in [0.29, 0.717) is 6.04 Å². The second-order valence-electron chi connectivity index (χ2n) is 4.58. The molecule has 1 atom stereocenters. The molecule has 3 heteroatoms. The first kappa shape index (κ1) is 12.4. The third kappa shape index (κ3) is 3.47. The van der Waals surface area contributed by atoms with Gasteiger partial charge in [-0.2, -0.15) is 11.3 Å². The molecule has 1 aromatic rings. The van der Waals surface area contributed by atoms with Crippen LogP contribution in [0.1, 0.15) is 31.2 Å². The van der Waals surface area contributed by atoms with Crippen LogP contribution in [0.4, 0.5) is 0 Å². The number of hydrogen-bond acceptors (Lipinski definition) is 2. The second kappa shape index (κ2) is 6.63. The molecule has 2 heterocycles. The summed E-state index contributed by atoms with van der Waals surface area (Å²) in [4.78, 5) is 2.59. The highest BCUT2D eigenvalue weighted by atomic mass is 35.5. The first-order valence-electron chi connectivity index (χ1n) is 6.21. The zero-order valence-corrected chi connectivity index (χ0v) is 11.3. The van der Waals surface area contributed by atoms with Gasteiger partial charge in [-0.15, -0.1) is 11.6 Å². The Hall–Kier alpha value is -0.0500. The summed E-state index contributed by atoms with van der Waals surface area (Å²) in [6.45, 7) is 2.41. The van der Waals surface area contributed by atoms with Crippen LogP contribution in [0.3, 0.4) is 0 Å². The molecule has 1 nitrogen and oxygen atoms in total. The van der Waals surface area contributed by atoms with E-state index in [9.17, 15) is 0 Å². The Balaban J connectivity index is 1.85. The number of rotatable bonds is 4. The quantitative estimate of drug-likeness (QED) is 0.743. The number of halogens is 1. The maximum Gasteiger partial charge on any atom is 0.0379 e. The number of hydrogen-bond donors (Lipinski definition) is 0. The van der Waals surface area contributed by atoms with Gasteiger partial charge in [0.15, 0.2) is 0 Å². The van der Waals surface area contributed by atoms with Crippen molar-refractivity contribution in [2.24, 2.45) is 0 Å². The Morgan fingerprint density at radius 3 is 3.06 bits per heavy atom. The highest BCUT2D eigenvalue weighted by Gasteiger charge is 2.19. The molecule has 0 bridgehead atoms. The van der Waals surface area contributed by atoms with E-state index in [1.807, 2.05) is 0 Å². The van der Waals surface area contributed by atoms with Gasteiger partial charge in [-0.25, -0.2) is 0 Å². The standard InChI is InChI=1S/C13H20ClNS/c14-10-13-4-2-1-3-7-15(13)8-5-12-6-9-16-11-12/h6,9,11,13H,1-5,7-8,10H2. The predicted molar refractivity (Wildman–Crippen MR) is 72.6 cm³/mol. The Labute approximate surface area is 107 Å². The number of likely N-dealkylation sites (tertiary alicyclic amines) is 1. The van der Waals surface area contributed by atoms with Crippen molar-refractivity contribution in [3.8, 4) is 0 Å². The van der Waals surface area contributed by atoms with Crippen LogP contribution in [0.5, 0.6) is 0 Å². The minimum Gasteiger partial charge on any atom is -0.299 e. The molecule has 0 saturated carbocycles. The van der Waals surface area contributed by atoms with Gasteiger partial charge in [0.25, 0.3) is 0 Å². The molecule has 0 radical (unpaired) electrons. The van der Waals surface area contributed by atoms with Crippen LogP contribution in [-0.4, -0.2) is 29.9 Å². The molecule has 1 fully saturated rings. The Morgan fingerprint density at radius 2 is 2.31 bits per heavy atom. The highest BCUT2D eigenvalue weighted by Crippen LogP contribution is 2.18. The monoisotopic (exact) mass is 257 g/mol. The van der Waals surface area contributed by atoms with Crippen molar-refractivity contribution in [2.75, 3.05) is 19.0 Å². The Bertz CT molecular complexity index is 286. The molecule has 1 saturated heterocycles. The van der Waals surface area contributed by atoms with E-state index in [1.54, 1.807) is 11.3 Å². The summed E-state index contributed by atoms with van der Waals surface area (Å²) in [6.07, 6.45) is 6.54. The molecule has 2 rings (SSSR count). The number of alkyl halides is 1. The maximum atomic E-state index is 6.07.